The number of hydrogen-bond donors (Lipinski definition) is 3. The van der Waals surface area contributed by atoms with Crippen LogP contribution in [0.1, 0.15) is 41.2 Å². The van der Waals surface area contributed by atoms with Crippen molar-refractivity contribution in [3.8, 4) is 5.75 Å². The number of nitrogens with one attached hydrogen (secondary N) is 2. The first kappa shape index (κ1) is 31.7. The summed E-state index contributed by atoms with van der Waals surface area (Å²) < 4.78 is 16.3. The summed E-state index contributed by atoms with van der Waals surface area (Å²) in [7, 11) is 0. The minimum absolute atomic E-state index is 0.0541. The summed E-state index contributed by atoms with van der Waals surface area (Å²) in [6.45, 7) is 9.56. The second kappa shape index (κ2) is 14.4. The van der Waals surface area contributed by atoms with Crippen LogP contribution >= 0.6 is 0 Å². The van der Waals surface area contributed by atoms with Crippen molar-refractivity contribution in [2.75, 3.05) is 69.2 Å². The predicted molar refractivity (Wildman–Crippen MR) is 168 cm³/mol. The molecule has 3 aliphatic heterocycles. The van der Waals surface area contributed by atoms with Crippen molar-refractivity contribution in [1.29, 1.82) is 0 Å². The SMILES string of the molecule is CC(C)C(=O)N1CCN(c2nc(NC3COC3)cc(C(=O)NCC(O)CN3CCc4cc(OCc5cnco5)ccc4C3)n2)CC1. The number of carbonyl (C=O) groups is 2. The van der Waals surface area contributed by atoms with Gasteiger partial charge in [-0.25, -0.2) is 9.97 Å². The number of anilines is 2. The standard InChI is InChI=1S/C32H42N8O6/c1-21(2)31(43)39-7-9-40(10-8-39)32-36-28(12-29(37-32)35-24-17-44-18-24)30(42)34-13-25(41)16-38-6-5-22-11-26(4-3-23(22)15-38)45-19-27-14-33-20-46-27/h3-4,11-12,14,20-21,24-25,41H,5-10,13,15-19H2,1-2H3,(H,34,42)(H,35,36,37). The monoisotopic (exact) mass is 634 g/mol. The van der Waals surface area contributed by atoms with Gasteiger partial charge in [-0.15, -0.1) is 0 Å². The second-order valence-corrected chi connectivity index (χ2v) is 12.3. The number of aliphatic hydroxyl groups excluding tert-OH is 1. The molecule has 2 amide bonds. The molecule has 14 nitrogen and oxygen atoms in total. The van der Waals surface area contributed by atoms with E-state index in [1.54, 1.807) is 12.3 Å². The molecule has 6 rings (SSSR count). The number of oxazole rings is 1. The quantitative estimate of drug-likeness (QED) is 0.263. The van der Waals surface area contributed by atoms with Gasteiger partial charge in [-0.1, -0.05) is 19.9 Å². The van der Waals surface area contributed by atoms with Crippen LogP contribution < -0.4 is 20.3 Å². The normalized spacial score (nSPS) is 17.7. The average molecular weight is 635 g/mol. The molecule has 0 spiro atoms. The van der Waals surface area contributed by atoms with E-state index in [-0.39, 0.29) is 36.0 Å². The van der Waals surface area contributed by atoms with Crippen LogP contribution in [0.5, 0.6) is 5.75 Å². The van der Waals surface area contributed by atoms with Gasteiger partial charge in [0.1, 0.15) is 23.9 Å². The summed E-state index contributed by atoms with van der Waals surface area (Å²) in [4.78, 5) is 44.9. The Bertz CT molecular complexity index is 1490. The number of hydrogen-bond acceptors (Lipinski definition) is 12. The number of β-amino-alcohol motifs (C(OH)–C–C–N with tert-alkyl or cyclic N) is 1. The number of ether oxygens (including phenoxy) is 2. The lowest BCUT2D eigenvalue weighted by molar-refractivity contribution is -0.134. The predicted octanol–water partition coefficient (Wildman–Crippen LogP) is 1.31. The highest BCUT2D eigenvalue weighted by molar-refractivity contribution is 5.93. The molecule has 3 aliphatic rings. The Kier molecular flexibility index (Phi) is 9.95. The fraction of sp³-hybridized carbons (Fsp3) is 0.531. The third-order valence-electron chi connectivity index (χ3n) is 8.41. The summed E-state index contributed by atoms with van der Waals surface area (Å²) in [5, 5.41) is 17.0. The Morgan fingerprint density at radius 3 is 2.63 bits per heavy atom. The molecule has 3 aromatic rings. The number of aromatic nitrogens is 3. The van der Waals surface area contributed by atoms with E-state index in [0.717, 1.165) is 18.7 Å². The van der Waals surface area contributed by atoms with Gasteiger partial charge in [-0.3, -0.25) is 14.5 Å². The van der Waals surface area contributed by atoms with Gasteiger partial charge in [0.05, 0.1) is 31.6 Å². The minimum atomic E-state index is -0.757. The van der Waals surface area contributed by atoms with E-state index in [1.165, 1.54) is 17.5 Å². The van der Waals surface area contributed by atoms with Crippen LogP contribution in [0.3, 0.4) is 0 Å². The lowest BCUT2D eigenvalue weighted by Crippen LogP contribution is -2.50. The first-order valence-electron chi connectivity index (χ1n) is 15.9. The zero-order valence-corrected chi connectivity index (χ0v) is 26.4. The highest BCUT2D eigenvalue weighted by Crippen LogP contribution is 2.25. The van der Waals surface area contributed by atoms with Gasteiger partial charge < -0.3 is 39.4 Å². The zero-order chi connectivity index (χ0) is 32.0. The van der Waals surface area contributed by atoms with Crippen LogP contribution in [0.25, 0.3) is 0 Å². The number of aliphatic hydroxyl groups is 1. The lowest BCUT2D eigenvalue weighted by atomic mass is 9.99. The van der Waals surface area contributed by atoms with E-state index in [0.29, 0.717) is 76.6 Å². The maximum atomic E-state index is 13.3. The van der Waals surface area contributed by atoms with E-state index in [9.17, 15) is 14.7 Å². The fourth-order valence-corrected chi connectivity index (χ4v) is 5.75. The fourth-order valence-electron chi connectivity index (χ4n) is 5.75. The van der Waals surface area contributed by atoms with Crippen molar-refractivity contribution >= 4 is 23.6 Å². The molecule has 2 fully saturated rings. The Hall–Kier alpha value is -4.27. The Morgan fingerprint density at radius 1 is 1.09 bits per heavy atom. The van der Waals surface area contributed by atoms with Crippen molar-refractivity contribution < 1.29 is 28.6 Å². The van der Waals surface area contributed by atoms with Crippen molar-refractivity contribution in [2.24, 2.45) is 5.92 Å². The average Bonchev–Trinajstić information content (AvgIpc) is 3.58. The smallest absolute Gasteiger partial charge is 0.270 e. The number of piperazine rings is 1. The molecule has 3 N–H and O–H groups in total. The number of fused-ring (bicyclic) bond motifs is 1. The van der Waals surface area contributed by atoms with Gasteiger partial charge in [-0.2, -0.15) is 4.98 Å². The van der Waals surface area contributed by atoms with Crippen molar-refractivity contribution in [3.63, 3.8) is 0 Å². The largest absolute Gasteiger partial charge is 0.486 e. The van der Waals surface area contributed by atoms with E-state index in [1.807, 2.05) is 29.7 Å². The number of amides is 2. The van der Waals surface area contributed by atoms with Gasteiger partial charge in [-0.05, 0) is 29.7 Å². The van der Waals surface area contributed by atoms with Crippen molar-refractivity contribution in [1.82, 2.24) is 30.1 Å². The van der Waals surface area contributed by atoms with Crippen LogP contribution in [-0.4, -0.2) is 113 Å². The summed E-state index contributed by atoms with van der Waals surface area (Å²) >= 11 is 0. The molecule has 1 atom stereocenters. The molecule has 1 unspecified atom stereocenters. The Labute approximate surface area is 268 Å². The highest BCUT2D eigenvalue weighted by atomic mass is 16.5. The molecule has 46 heavy (non-hydrogen) atoms. The number of benzene rings is 1. The van der Waals surface area contributed by atoms with Gasteiger partial charge in [0.2, 0.25) is 11.9 Å². The third-order valence-corrected chi connectivity index (χ3v) is 8.41. The molecule has 0 bridgehead atoms. The summed E-state index contributed by atoms with van der Waals surface area (Å²) in [6, 6.07) is 7.81. The van der Waals surface area contributed by atoms with Crippen LogP contribution in [-0.2, 0) is 29.1 Å². The van der Waals surface area contributed by atoms with Crippen LogP contribution in [0.2, 0.25) is 0 Å². The van der Waals surface area contributed by atoms with E-state index in [2.05, 4.69) is 42.6 Å². The number of carbonyl (C=O) groups excluding carboxylic acids is 2. The molecule has 0 radical (unpaired) electrons. The van der Waals surface area contributed by atoms with Crippen molar-refractivity contribution in [3.05, 3.63) is 59.4 Å². The molecule has 5 heterocycles. The Balaban J connectivity index is 1.02. The van der Waals surface area contributed by atoms with Crippen LogP contribution in [0.4, 0.5) is 11.8 Å². The molecule has 2 aromatic heterocycles. The van der Waals surface area contributed by atoms with Gasteiger partial charge >= 0.3 is 0 Å². The maximum absolute atomic E-state index is 13.3. The second-order valence-electron chi connectivity index (χ2n) is 12.3. The van der Waals surface area contributed by atoms with E-state index >= 15 is 0 Å². The first-order chi connectivity index (χ1) is 22.3. The van der Waals surface area contributed by atoms with Crippen LogP contribution in [0, 0.1) is 5.92 Å². The summed E-state index contributed by atoms with van der Waals surface area (Å²) in [6.07, 6.45) is 3.10. The number of rotatable bonds is 12. The van der Waals surface area contributed by atoms with Crippen molar-refractivity contribution in [2.45, 2.75) is 45.6 Å². The molecule has 246 valence electrons. The Morgan fingerprint density at radius 2 is 1.91 bits per heavy atom. The zero-order valence-electron chi connectivity index (χ0n) is 26.4. The maximum Gasteiger partial charge on any atom is 0.270 e. The molecule has 2 saturated heterocycles. The molecular weight excluding hydrogens is 592 g/mol. The highest BCUT2D eigenvalue weighted by Gasteiger charge is 2.27. The topological polar surface area (TPSA) is 158 Å². The molecule has 0 aliphatic carbocycles. The number of nitrogens with zero attached hydrogens (tertiary/aromatic N) is 6. The van der Waals surface area contributed by atoms with E-state index in [4.69, 9.17) is 13.9 Å². The van der Waals surface area contributed by atoms with Gasteiger partial charge in [0.25, 0.3) is 5.91 Å². The first-order valence-corrected chi connectivity index (χ1v) is 15.9. The van der Waals surface area contributed by atoms with Gasteiger partial charge in [0.15, 0.2) is 12.2 Å². The third kappa shape index (κ3) is 7.92. The van der Waals surface area contributed by atoms with Crippen LogP contribution in [0.15, 0.2) is 41.3 Å². The molecule has 14 heteroatoms. The van der Waals surface area contributed by atoms with E-state index < -0.39 is 6.10 Å². The molecule has 1 aromatic carbocycles. The molecular formula is C32H42N8O6. The summed E-state index contributed by atoms with van der Waals surface area (Å²) in [5.74, 6) is 2.12. The van der Waals surface area contributed by atoms with Gasteiger partial charge in [0, 0.05) is 64.3 Å². The minimum Gasteiger partial charge on any atom is -0.486 e. The lowest BCUT2D eigenvalue weighted by Gasteiger charge is -2.36. The molecule has 0 saturated carbocycles. The summed E-state index contributed by atoms with van der Waals surface area (Å²) in [5.41, 5.74) is 2.63.